The van der Waals surface area contributed by atoms with Crippen LogP contribution in [0, 0.1) is 5.92 Å². The molecule has 1 amide bonds. The number of nitrogens with one attached hydrogen (secondary N) is 1. The summed E-state index contributed by atoms with van der Waals surface area (Å²) in [7, 11) is 1.86. The van der Waals surface area contributed by atoms with Crippen molar-refractivity contribution >= 4 is 29.0 Å². The predicted octanol–water partition coefficient (Wildman–Crippen LogP) is 1.72. The molecule has 0 aliphatic carbocycles. The largest absolute Gasteiger partial charge is 0.319 e. The molecule has 1 unspecified atom stereocenters. The van der Waals surface area contributed by atoms with Crippen molar-refractivity contribution in [2.45, 2.75) is 6.92 Å². The van der Waals surface area contributed by atoms with Gasteiger partial charge in [0.05, 0.1) is 11.3 Å². The summed E-state index contributed by atoms with van der Waals surface area (Å²) in [6.07, 6.45) is 0. The van der Waals surface area contributed by atoms with E-state index < -0.39 is 11.7 Å². The van der Waals surface area contributed by atoms with Crippen LogP contribution in [0.3, 0.4) is 0 Å². The minimum absolute atomic E-state index is 0.261. The van der Waals surface area contributed by atoms with Crippen LogP contribution in [-0.2, 0) is 4.79 Å². The van der Waals surface area contributed by atoms with Crippen molar-refractivity contribution in [3.05, 3.63) is 28.8 Å². The Balaban J connectivity index is 2.30. The first-order valence-electron chi connectivity index (χ1n) is 5.85. The first-order valence-corrected chi connectivity index (χ1v) is 6.22. The number of carbonyl (C=O) groups is 2. The van der Waals surface area contributed by atoms with Crippen LogP contribution >= 0.6 is 11.6 Å². The third kappa shape index (κ3) is 2.26. The maximum atomic E-state index is 11.9. The van der Waals surface area contributed by atoms with E-state index in [1.165, 1.54) is 4.90 Å². The van der Waals surface area contributed by atoms with E-state index in [0.29, 0.717) is 22.8 Å². The first-order chi connectivity index (χ1) is 8.54. The Bertz CT molecular complexity index is 502. The third-order valence-corrected chi connectivity index (χ3v) is 3.22. The molecule has 1 heterocycles. The molecule has 5 heteroatoms. The van der Waals surface area contributed by atoms with E-state index in [1.807, 2.05) is 14.0 Å². The number of hydrogen-bond donors (Lipinski definition) is 1. The molecule has 96 valence electrons. The molecule has 1 N–H and O–H groups in total. The summed E-state index contributed by atoms with van der Waals surface area (Å²) in [5.74, 6) is -0.648. The average Bonchev–Trinajstić information content (AvgIpc) is 2.55. The molecule has 0 spiro atoms. The van der Waals surface area contributed by atoms with Crippen LogP contribution < -0.4 is 10.2 Å². The SMILES string of the molecule is CNCC(C)CN1C(=O)C(=O)c2ccc(Cl)cc21. The van der Waals surface area contributed by atoms with Gasteiger partial charge in [0.1, 0.15) is 0 Å². The van der Waals surface area contributed by atoms with Crippen molar-refractivity contribution in [2.75, 3.05) is 25.0 Å². The lowest BCUT2D eigenvalue weighted by molar-refractivity contribution is -0.114. The number of amides is 1. The van der Waals surface area contributed by atoms with Crippen molar-refractivity contribution < 1.29 is 9.59 Å². The van der Waals surface area contributed by atoms with Gasteiger partial charge in [-0.2, -0.15) is 0 Å². The maximum Gasteiger partial charge on any atom is 0.299 e. The molecule has 0 aromatic heterocycles. The Hall–Kier alpha value is -1.39. The Morgan fingerprint density at radius 2 is 2.11 bits per heavy atom. The zero-order valence-corrected chi connectivity index (χ0v) is 11.1. The summed E-state index contributed by atoms with van der Waals surface area (Å²) in [6.45, 7) is 3.32. The molecule has 0 radical (unpaired) electrons. The number of rotatable bonds is 4. The zero-order chi connectivity index (χ0) is 13.3. The number of anilines is 1. The molecule has 1 atom stereocenters. The summed E-state index contributed by atoms with van der Waals surface area (Å²) in [5.41, 5.74) is 1.07. The summed E-state index contributed by atoms with van der Waals surface area (Å²) in [6, 6.07) is 4.92. The van der Waals surface area contributed by atoms with Gasteiger partial charge in [-0.1, -0.05) is 18.5 Å². The maximum absolute atomic E-state index is 11.9. The van der Waals surface area contributed by atoms with Crippen LogP contribution in [0.1, 0.15) is 17.3 Å². The van der Waals surface area contributed by atoms with E-state index in [0.717, 1.165) is 6.54 Å². The van der Waals surface area contributed by atoms with Gasteiger partial charge in [0.2, 0.25) is 0 Å². The molecule has 0 fully saturated rings. The number of benzene rings is 1. The van der Waals surface area contributed by atoms with Gasteiger partial charge in [0.15, 0.2) is 0 Å². The average molecular weight is 267 g/mol. The minimum Gasteiger partial charge on any atom is -0.319 e. The summed E-state index contributed by atoms with van der Waals surface area (Å²) in [4.78, 5) is 25.3. The highest BCUT2D eigenvalue weighted by Gasteiger charge is 2.36. The predicted molar refractivity (Wildman–Crippen MR) is 71.2 cm³/mol. The fraction of sp³-hybridized carbons (Fsp3) is 0.385. The Kier molecular flexibility index (Phi) is 3.68. The molecular formula is C13H15ClN2O2. The molecule has 2 rings (SSSR count). The molecule has 1 aromatic carbocycles. The normalized spacial score (nSPS) is 16.1. The zero-order valence-electron chi connectivity index (χ0n) is 10.4. The second kappa shape index (κ2) is 5.08. The molecule has 18 heavy (non-hydrogen) atoms. The van der Waals surface area contributed by atoms with Gasteiger partial charge in [-0.25, -0.2) is 0 Å². The Morgan fingerprint density at radius 1 is 1.39 bits per heavy atom. The van der Waals surface area contributed by atoms with Gasteiger partial charge >= 0.3 is 0 Å². The van der Waals surface area contributed by atoms with Crippen LogP contribution in [0.15, 0.2) is 18.2 Å². The molecular weight excluding hydrogens is 252 g/mol. The summed E-state index contributed by atoms with van der Waals surface area (Å²) < 4.78 is 0. The van der Waals surface area contributed by atoms with Crippen LogP contribution in [0.2, 0.25) is 5.02 Å². The summed E-state index contributed by atoms with van der Waals surface area (Å²) in [5, 5.41) is 3.58. The number of halogens is 1. The molecule has 0 saturated carbocycles. The molecule has 1 aromatic rings. The quantitative estimate of drug-likeness (QED) is 0.845. The summed E-state index contributed by atoms with van der Waals surface area (Å²) >= 11 is 5.92. The molecule has 0 saturated heterocycles. The highest BCUT2D eigenvalue weighted by molar-refractivity contribution is 6.52. The van der Waals surface area contributed by atoms with Crippen molar-refractivity contribution in [3.63, 3.8) is 0 Å². The third-order valence-electron chi connectivity index (χ3n) is 2.98. The second-order valence-corrected chi connectivity index (χ2v) is 5.01. The fourth-order valence-electron chi connectivity index (χ4n) is 2.17. The number of Topliss-reactive ketones (excluding diaryl/α,β-unsaturated/α-hetero) is 1. The lowest BCUT2D eigenvalue weighted by atomic mass is 10.1. The fourth-order valence-corrected chi connectivity index (χ4v) is 2.34. The van der Waals surface area contributed by atoms with E-state index in [4.69, 9.17) is 11.6 Å². The first kappa shape index (κ1) is 13.1. The van der Waals surface area contributed by atoms with Gasteiger partial charge in [0, 0.05) is 11.6 Å². The van der Waals surface area contributed by atoms with Crippen molar-refractivity contribution in [3.8, 4) is 0 Å². The number of nitrogens with zero attached hydrogens (tertiary/aromatic N) is 1. The van der Waals surface area contributed by atoms with E-state index in [-0.39, 0.29) is 5.92 Å². The van der Waals surface area contributed by atoms with E-state index in [2.05, 4.69) is 5.32 Å². The number of hydrogen-bond acceptors (Lipinski definition) is 3. The lowest BCUT2D eigenvalue weighted by Gasteiger charge is -2.21. The Morgan fingerprint density at radius 3 is 2.78 bits per heavy atom. The van der Waals surface area contributed by atoms with Crippen LogP contribution in [0.5, 0.6) is 0 Å². The molecule has 0 bridgehead atoms. The topological polar surface area (TPSA) is 49.4 Å². The Labute approximate surface area is 111 Å². The number of fused-ring (bicyclic) bond motifs is 1. The lowest BCUT2D eigenvalue weighted by Crippen LogP contribution is -2.36. The standard InChI is InChI=1S/C13H15ClN2O2/c1-8(6-15-2)7-16-11-5-9(14)3-4-10(11)12(17)13(16)18/h3-5,8,15H,6-7H2,1-2H3. The molecule has 1 aliphatic heterocycles. The van der Waals surface area contributed by atoms with Crippen molar-refractivity contribution in [1.29, 1.82) is 0 Å². The molecule has 4 nitrogen and oxygen atoms in total. The highest BCUT2D eigenvalue weighted by atomic mass is 35.5. The number of carbonyl (C=O) groups excluding carboxylic acids is 2. The van der Waals surface area contributed by atoms with Crippen LogP contribution in [0.4, 0.5) is 5.69 Å². The van der Waals surface area contributed by atoms with E-state index >= 15 is 0 Å². The van der Waals surface area contributed by atoms with Crippen LogP contribution in [-0.4, -0.2) is 31.8 Å². The van der Waals surface area contributed by atoms with Gasteiger partial charge in [-0.05, 0) is 37.7 Å². The van der Waals surface area contributed by atoms with Crippen molar-refractivity contribution in [2.24, 2.45) is 5.92 Å². The van der Waals surface area contributed by atoms with Crippen LogP contribution in [0.25, 0.3) is 0 Å². The van der Waals surface area contributed by atoms with Crippen molar-refractivity contribution in [1.82, 2.24) is 5.32 Å². The smallest absolute Gasteiger partial charge is 0.299 e. The monoisotopic (exact) mass is 266 g/mol. The van der Waals surface area contributed by atoms with Gasteiger partial charge in [-0.15, -0.1) is 0 Å². The highest BCUT2D eigenvalue weighted by Crippen LogP contribution is 2.31. The van der Waals surface area contributed by atoms with Gasteiger partial charge < -0.3 is 10.2 Å². The minimum atomic E-state index is -0.463. The number of ketones is 1. The van der Waals surface area contributed by atoms with Gasteiger partial charge in [0.25, 0.3) is 11.7 Å². The molecule has 1 aliphatic rings. The van der Waals surface area contributed by atoms with Gasteiger partial charge in [-0.3, -0.25) is 9.59 Å². The van der Waals surface area contributed by atoms with E-state index in [1.54, 1.807) is 18.2 Å². The second-order valence-electron chi connectivity index (χ2n) is 4.57. The van der Waals surface area contributed by atoms with E-state index in [9.17, 15) is 9.59 Å².